The number of hydrogen-bond donors (Lipinski definition) is 3. The Morgan fingerprint density at radius 1 is 1.21 bits per heavy atom. The number of pyridine rings is 2. The lowest BCUT2D eigenvalue weighted by Crippen LogP contribution is -2.19. The van der Waals surface area contributed by atoms with Crippen molar-refractivity contribution >= 4 is 28.5 Å². The Hall–Kier alpha value is -3.42. The number of fused-ring (bicyclic) bond motifs is 1. The molecule has 0 aliphatic heterocycles. The van der Waals surface area contributed by atoms with E-state index in [1.165, 1.54) is 6.20 Å². The van der Waals surface area contributed by atoms with E-state index in [0.29, 0.717) is 22.3 Å². The molecule has 0 unspecified atom stereocenters. The van der Waals surface area contributed by atoms with E-state index in [2.05, 4.69) is 25.6 Å². The third-order valence-corrected chi connectivity index (χ3v) is 5.22. The predicted molar refractivity (Wildman–Crippen MR) is 108 cm³/mol. The molecule has 2 fully saturated rings. The quantitative estimate of drug-likeness (QED) is 0.599. The van der Waals surface area contributed by atoms with E-state index >= 15 is 0 Å². The number of aromatic amines is 1. The van der Waals surface area contributed by atoms with Gasteiger partial charge in [0.25, 0.3) is 5.91 Å². The zero-order chi connectivity index (χ0) is 20.0. The van der Waals surface area contributed by atoms with Crippen LogP contribution in [0.4, 0.5) is 5.82 Å². The van der Waals surface area contributed by atoms with Gasteiger partial charge in [-0.3, -0.25) is 14.6 Å². The van der Waals surface area contributed by atoms with Gasteiger partial charge in [0.15, 0.2) is 5.82 Å². The first-order chi connectivity index (χ1) is 14.1. The van der Waals surface area contributed by atoms with Gasteiger partial charge in [-0.25, -0.2) is 4.98 Å². The minimum Gasteiger partial charge on any atom is -0.490 e. The van der Waals surface area contributed by atoms with E-state index in [0.717, 1.165) is 42.7 Å². The number of nitrogens with zero attached hydrogens (tertiary/aromatic N) is 2. The van der Waals surface area contributed by atoms with Gasteiger partial charge < -0.3 is 20.4 Å². The van der Waals surface area contributed by atoms with E-state index < -0.39 is 0 Å². The molecule has 5 rings (SSSR count). The van der Waals surface area contributed by atoms with E-state index in [1.807, 2.05) is 12.1 Å². The molecule has 2 aliphatic carbocycles. The molecule has 2 aliphatic rings. The number of nitrogens with one attached hydrogen (secondary N) is 3. The molecular weight excluding hydrogens is 370 g/mol. The SMILES string of the molecule is CNC(=O)c1cnc(NC(=O)C2CC2)c2[nH]c(-c3cnccc3OC3CC3)cc12. The highest BCUT2D eigenvalue weighted by molar-refractivity contribution is 6.11. The van der Waals surface area contributed by atoms with E-state index in [-0.39, 0.29) is 23.8 Å². The molecule has 3 aromatic heterocycles. The summed E-state index contributed by atoms with van der Waals surface area (Å²) in [5.41, 5.74) is 2.60. The fourth-order valence-corrected chi connectivity index (χ4v) is 3.29. The highest BCUT2D eigenvalue weighted by atomic mass is 16.5. The van der Waals surface area contributed by atoms with Crippen molar-refractivity contribution in [3.8, 4) is 17.0 Å². The summed E-state index contributed by atoms with van der Waals surface area (Å²) in [5.74, 6) is 0.934. The second kappa shape index (κ2) is 6.88. The van der Waals surface area contributed by atoms with Crippen LogP contribution < -0.4 is 15.4 Å². The summed E-state index contributed by atoms with van der Waals surface area (Å²) in [7, 11) is 1.58. The first-order valence-electron chi connectivity index (χ1n) is 9.79. The molecule has 3 heterocycles. The van der Waals surface area contributed by atoms with Crippen LogP contribution in [0.25, 0.3) is 22.2 Å². The minimum atomic E-state index is -0.242. The van der Waals surface area contributed by atoms with Crippen molar-refractivity contribution in [2.75, 3.05) is 12.4 Å². The van der Waals surface area contributed by atoms with Crippen LogP contribution in [0, 0.1) is 5.92 Å². The number of aromatic nitrogens is 3. The lowest BCUT2D eigenvalue weighted by Gasteiger charge is -2.09. The second-order valence-corrected chi connectivity index (χ2v) is 7.52. The Morgan fingerprint density at radius 2 is 2.03 bits per heavy atom. The van der Waals surface area contributed by atoms with Crippen LogP contribution in [-0.4, -0.2) is 39.9 Å². The monoisotopic (exact) mass is 391 g/mol. The van der Waals surface area contributed by atoms with Gasteiger partial charge in [-0.05, 0) is 37.8 Å². The molecule has 0 bridgehead atoms. The fraction of sp³-hybridized carbons (Fsp3) is 0.333. The Kier molecular flexibility index (Phi) is 4.19. The number of carbonyl (C=O) groups excluding carboxylic acids is 2. The van der Waals surface area contributed by atoms with Crippen LogP contribution in [0.2, 0.25) is 0 Å². The molecule has 3 N–H and O–H groups in total. The molecule has 0 atom stereocenters. The molecule has 0 radical (unpaired) electrons. The lowest BCUT2D eigenvalue weighted by molar-refractivity contribution is -0.117. The first kappa shape index (κ1) is 17.7. The van der Waals surface area contributed by atoms with E-state index in [9.17, 15) is 9.59 Å². The average Bonchev–Trinajstić information content (AvgIpc) is 3.66. The van der Waals surface area contributed by atoms with Crippen molar-refractivity contribution in [1.82, 2.24) is 20.3 Å². The van der Waals surface area contributed by atoms with Crippen molar-refractivity contribution in [3.63, 3.8) is 0 Å². The van der Waals surface area contributed by atoms with E-state index in [1.54, 1.807) is 19.4 Å². The molecule has 148 valence electrons. The van der Waals surface area contributed by atoms with Crippen molar-refractivity contribution < 1.29 is 14.3 Å². The number of H-pyrrole nitrogens is 1. The lowest BCUT2D eigenvalue weighted by atomic mass is 10.1. The topological polar surface area (TPSA) is 109 Å². The van der Waals surface area contributed by atoms with Gasteiger partial charge in [-0.15, -0.1) is 0 Å². The Labute approximate surface area is 167 Å². The minimum absolute atomic E-state index is 0.0400. The van der Waals surface area contributed by atoms with Crippen LogP contribution in [-0.2, 0) is 4.79 Å². The molecule has 8 heteroatoms. The molecule has 2 saturated carbocycles. The van der Waals surface area contributed by atoms with E-state index in [4.69, 9.17) is 4.74 Å². The molecule has 0 saturated heterocycles. The summed E-state index contributed by atoms with van der Waals surface area (Å²) >= 11 is 0. The van der Waals surface area contributed by atoms with Gasteiger partial charge in [0.1, 0.15) is 5.75 Å². The summed E-state index contributed by atoms with van der Waals surface area (Å²) in [6.07, 6.45) is 9.08. The summed E-state index contributed by atoms with van der Waals surface area (Å²) < 4.78 is 6.02. The fourth-order valence-electron chi connectivity index (χ4n) is 3.29. The van der Waals surface area contributed by atoms with Crippen molar-refractivity contribution in [3.05, 3.63) is 36.3 Å². The molecule has 0 aromatic carbocycles. The average molecular weight is 391 g/mol. The number of carbonyl (C=O) groups is 2. The highest BCUT2D eigenvalue weighted by Gasteiger charge is 2.31. The smallest absolute Gasteiger partial charge is 0.253 e. The van der Waals surface area contributed by atoms with Gasteiger partial charge in [-0.1, -0.05) is 0 Å². The Balaban J connectivity index is 1.61. The molecule has 0 spiro atoms. The Morgan fingerprint density at radius 3 is 2.76 bits per heavy atom. The molecule has 8 nitrogen and oxygen atoms in total. The third-order valence-electron chi connectivity index (χ3n) is 5.22. The number of anilines is 1. The maximum Gasteiger partial charge on any atom is 0.253 e. The standard InChI is InChI=1S/C21H21N5O3/c1-22-21(28)14-10-24-19(26-20(27)11-2-3-11)18-13(14)8-16(25-18)15-9-23-7-6-17(15)29-12-4-5-12/h6-12,25H,2-5H2,1H3,(H,22,28)(H,24,26,27). The summed E-state index contributed by atoms with van der Waals surface area (Å²) in [4.78, 5) is 36.5. The van der Waals surface area contributed by atoms with Crippen LogP contribution in [0.5, 0.6) is 5.75 Å². The second-order valence-electron chi connectivity index (χ2n) is 7.52. The van der Waals surface area contributed by atoms with Crippen molar-refractivity contribution in [2.45, 2.75) is 31.8 Å². The van der Waals surface area contributed by atoms with Gasteiger partial charge in [0, 0.05) is 36.9 Å². The Bertz CT molecular complexity index is 1110. The molecule has 3 aromatic rings. The summed E-state index contributed by atoms with van der Waals surface area (Å²) in [6.45, 7) is 0. The predicted octanol–water partition coefficient (Wildman–Crippen LogP) is 2.87. The van der Waals surface area contributed by atoms with Crippen LogP contribution in [0.15, 0.2) is 30.7 Å². The number of hydrogen-bond acceptors (Lipinski definition) is 5. The first-order valence-corrected chi connectivity index (χ1v) is 9.79. The van der Waals surface area contributed by atoms with Gasteiger partial charge >= 0.3 is 0 Å². The van der Waals surface area contributed by atoms with Crippen molar-refractivity contribution in [2.24, 2.45) is 5.92 Å². The van der Waals surface area contributed by atoms with Crippen LogP contribution >= 0.6 is 0 Å². The number of amides is 2. The van der Waals surface area contributed by atoms with Gasteiger partial charge in [0.2, 0.25) is 5.91 Å². The highest BCUT2D eigenvalue weighted by Crippen LogP contribution is 2.37. The van der Waals surface area contributed by atoms with Gasteiger partial charge in [0.05, 0.1) is 28.4 Å². The normalized spacial score (nSPS) is 15.9. The zero-order valence-electron chi connectivity index (χ0n) is 16.0. The molecule has 29 heavy (non-hydrogen) atoms. The zero-order valence-corrected chi connectivity index (χ0v) is 16.0. The summed E-state index contributed by atoms with van der Waals surface area (Å²) in [6, 6.07) is 3.72. The largest absolute Gasteiger partial charge is 0.490 e. The van der Waals surface area contributed by atoms with Crippen LogP contribution in [0.1, 0.15) is 36.0 Å². The number of rotatable bonds is 6. The summed E-state index contributed by atoms with van der Waals surface area (Å²) in [5, 5.41) is 6.21. The van der Waals surface area contributed by atoms with Gasteiger partial charge in [-0.2, -0.15) is 0 Å². The maximum absolute atomic E-state index is 12.4. The van der Waals surface area contributed by atoms with Crippen LogP contribution in [0.3, 0.4) is 0 Å². The number of ether oxygens (including phenoxy) is 1. The molecular formula is C21H21N5O3. The maximum atomic E-state index is 12.4. The molecule has 2 amide bonds. The third kappa shape index (κ3) is 3.41. The van der Waals surface area contributed by atoms with Crippen molar-refractivity contribution in [1.29, 1.82) is 0 Å².